The molecule has 2 aliphatic heterocycles. The summed E-state index contributed by atoms with van der Waals surface area (Å²) in [6.07, 6.45) is 6.59. The Hall–Kier alpha value is -5.05. The highest BCUT2D eigenvalue weighted by molar-refractivity contribution is 6.46. The Morgan fingerprint density at radius 1 is 1.02 bits per heavy atom. The van der Waals surface area contributed by atoms with E-state index < -0.39 is 17.7 Å². The number of rotatable bonds is 11. The first-order valence-corrected chi connectivity index (χ1v) is 14.9. The maximum Gasteiger partial charge on any atom is 0.295 e. The van der Waals surface area contributed by atoms with Crippen LogP contribution in [0.2, 0.25) is 0 Å². The minimum absolute atomic E-state index is 0.0306. The zero-order valence-corrected chi connectivity index (χ0v) is 24.8. The van der Waals surface area contributed by atoms with Crippen LogP contribution in [-0.4, -0.2) is 50.5 Å². The van der Waals surface area contributed by atoms with Gasteiger partial charge >= 0.3 is 0 Å². The molecular formula is C35H35N3O6. The first-order valence-electron chi connectivity index (χ1n) is 14.9. The van der Waals surface area contributed by atoms with E-state index in [0.717, 1.165) is 16.9 Å². The number of nitrogens with zero attached hydrogens (tertiary/aromatic N) is 3. The molecule has 2 atom stereocenters. The van der Waals surface area contributed by atoms with E-state index in [1.807, 2.05) is 67.1 Å². The maximum absolute atomic E-state index is 13.6. The smallest absolute Gasteiger partial charge is 0.295 e. The topological polar surface area (TPSA) is 103 Å². The van der Waals surface area contributed by atoms with Crippen LogP contribution in [0.5, 0.6) is 17.2 Å². The Balaban J connectivity index is 1.37. The molecule has 3 heterocycles. The first-order chi connectivity index (χ1) is 21.4. The largest absolute Gasteiger partial charge is 0.507 e. The molecule has 1 fully saturated rings. The Morgan fingerprint density at radius 2 is 1.86 bits per heavy atom. The van der Waals surface area contributed by atoms with Gasteiger partial charge in [0.25, 0.3) is 11.7 Å². The van der Waals surface area contributed by atoms with E-state index in [1.165, 1.54) is 0 Å². The van der Waals surface area contributed by atoms with Crippen molar-refractivity contribution in [3.05, 3.63) is 113 Å². The van der Waals surface area contributed by atoms with Crippen molar-refractivity contribution in [3.8, 4) is 17.2 Å². The van der Waals surface area contributed by atoms with Crippen molar-refractivity contribution in [2.75, 3.05) is 13.2 Å². The lowest BCUT2D eigenvalue weighted by Crippen LogP contribution is -2.31. The molecule has 0 unspecified atom stereocenters. The predicted octanol–water partition coefficient (Wildman–Crippen LogP) is 5.70. The molecule has 9 nitrogen and oxygen atoms in total. The maximum atomic E-state index is 13.6. The molecule has 1 amide bonds. The SMILES string of the molecule is CCOc1cc([C@@H]2/C(=C(\O)c3ccc4c(c3)C[C@@H](C)O4)C(=O)C(=O)N2CCCn2ccnc2)ccc1OCc1ccccc1. The van der Waals surface area contributed by atoms with E-state index >= 15 is 0 Å². The quantitative estimate of drug-likeness (QED) is 0.135. The lowest BCUT2D eigenvalue weighted by molar-refractivity contribution is -0.139. The zero-order chi connectivity index (χ0) is 30.6. The van der Waals surface area contributed by atoms with Crippen molar-refractivity contribution in [2.45, 2.75) is 52.0 Å². The van der Waals surface area contributed by atoms with Crippen molar-refractivity contribution in [2.24, 2.45) is 0 Å². The molecular weight excluding hydrogens is 558 g/mol. The number of aryl methyl sites for hydroxylation is 1. The Bertz CT molecular complexity index is 1680. The molecule has 0 saturated carbocycles. The van der Waals surface area contributed by atoms with Gasteiger partial charge in [0.15, 0.2) is 11.5 Å². The first kappa shape index (κ1) is 29.0. The molecule has 4 aromatic rings. The number of aliphatic hydroxyl groups excluding tert-OH is 1. The highest BCUT2D eigenvalue weighted by Crippen LogP contribution is 2.43. The van der Waals surface area contributed by atoms with Gasteiger partial charge in [0.1, 0.15) is 24.2 Å². The highest BCUT2D eigenvalue weighted by Gasteiger charge is 2.46. The minimum atomic E-state index is -0.816. The number of likely N-dealkylation sites (tertiary alicyclic amines) is 1. The third kappa shape index (κ3) is 5.90. The number of hydrogen-bond donors (Lipinski definition) is 1. The summed E-state index contributed by atoms with van der Waals surface area (Å²) in [5.74, 6) is 0.219. The van der Waals surface area contributed by atoms with Gasteiger partial charge in [0.2, 0.25) is 0 Å². The number of imidazole rings is 1. The molecule has 1 saturated heterocycles. The van der Waals surface area contributed by atoms with Crippen LogP contribution in [0, 0.1) is 0 Å². The van der Waals surface area contributed by atoms with Crippen LogP contribution in [0.3, 0.4) is 0 Å². The number of carbonyl (C=O) groups is 2. The third-order valence-corrected chi connectivity index (χ3v) is 7.90. The van der Waals surface area contributed by atoms with Gasteiger partial charge in [-0.15, -0.1) is 0 Å². The molecule has 226 valence electrons. The van der Waals surface area contributed by atoms with Gasteiger partial charge in [-0.3, -0.25) is 9.59 Å². The normalized spacial score (nSPS) is 18.7. The fraction of sp³-hybridized carbons (Fsp3) is 0.286. The summed E-state index contributed by atoms with van der Waals surface area (Å²) >= 11 is 0. The summed E-state index contributed by atoms with van der Waals surface area (Å²) in [6.45, 7) is 5.54. The van der Waals surface area contributed by atoms with E-state index in [-0.39, 0.29) is 17.4 Å². The predicted molar refractivity (Wildman–Crippen MR) is 164 cm³/mol. The molecule has 0 aliphatic carbocycles. The zero-order valence-electron chi connectivity index (χ0n) is 24.8. The van der Waals surface area contributed by atoms with Crippen molar-refractivity contribution >= 4 is 17.4 Å². The molecule has 6 rings (SSSR count). The number of carbonyl (C=O) groups excluding carboxylic acids is 2. The van der Waals surface area contributed by atoms with Gasteiger partial charge in [-0.2, -0.15) is 0 Å². The van der Waals surface area contributed by atoms with Crippen LogP contribution >= 0.6 is 0 Å². The minimum Gasteiger partial charge on any atom is -0.507 e. The van der Waals surface area contributed by atoms with Crippen molar-refractivity contribution in [3.63, 3.8) is 0 Å². The average molecular weight is 594 g/mol. The molecule has 9 heteroatoms. The Kier molecular flexibility index (Phi) is 8.36. The van der Waals surface area contributed by atoms with Crippen LogP contribution in [0.15, 0.2) is 91.0 Å². The molecule has 44 heavy (non-hydrogen) atoms. The molecule has 3 aromatic carbocycles. The van der Waals surface area contributed by atoms with Crippen molar-refractivity contribution < 1.29 is 28.9 Å². The summed E-state index contributed by atoms with van der Waals surface area (Å²) in [7, 11) is 0. The molecule has 1 aromatic heterocycles. The summed E-state index contributed by atoms with van der Waals surface area (Å²) in [5, 5.41) is 11.6. The fourth-order valence-corrected chi connectivity index (χ4v) is 5.84. The van der Waals surface area contributed by atoms with Crippen LogP contribution in [-0.2, 0) is 29.2 Å². The summed E-state index contributed by atoms with van der Waals surface area (Å²) in [6, 6.07) is 19.8. The second-order valence-electron chi connectivity index (χ2n) is 11.0. The third-order valence-electron chi connectivity index (χ3n) is 7.90. The van der Waals surface area contributed by atoms with Crippen molar-refractivity contribution in [1.82, 2.24) is 14.5 Å². The van der Waals surface area contributed by atoms with Gasteiger partial charge in [-0.1, -0.05) is 36.4 Å². The number of benzene rings is 3. The number of fused-ring (bicyclic) bond motifs is 1. The number of aliphatic hydroxyl groups is 1. The van der Waals surface area contributed by atoms with E-state index in [4.69, 9.17) is 14.2 Å². The van der Waals surface area contributed by atoms with Gasteiger partial charge in [0, 0.05) is 37.5 Å². The van der Waals surface area contributed by atoms with E-state index in [0.29, 0.717) is 61.8 Å². The lowest BCUT2D eigenvalue weighted by Gasteiger charge is -2.26. The number of aromatic nitrogens is 2. The van der Waals surface area contributed by atoms with E-state index in [2.05, 4.69) is 4.98 Å². The van der Waals surface area contributed by atoms with Crippen LogP contribution in [0.1, 0.15) is 48.6 Å². The number of hydrogen-bond acceptors (Lipinski definition) is 7. The van der Waals surface area contributed by atoms with Gasteiger partial charge in [-0.25, -0.2) is 4.98 Å². The molecule has 1 N–H and O–H groups in total. The number of Topliss-reactive ketones (excluding diaryl/α,β-unsaturated/α-hetero) is 1. The number of ether oxygens (including phenoxy) is 3. The molecule has 0 radical (unpaired) electrons. The van der Waals surface area contributed by atoms with Gasteiger partial charge < -0.3 is 28.8 Å². The second-order valence-corrected chi connectivity index (χ2v) is 11.0. The molecule has 0 spiro atoms. The number of amides is 1. The average Bonchev–Trinajstić information content (AvgIpc) is 3.75. The molecule has 0 bridgehead atoms. The highest BCUT2D eigenvalue weighted by atomic mass is 16.5. The van der Waals surface area contributed by atoms with Crippen LogP contribution < -0.4 is 14.2 Å². The van der Waals surface area contributed by atoms with E-state index in [1.54, 1.807) is 41.7 Å². The Labute approximate surface area is 256 Å². The lowest BCUT2D eigenvalue weighted by atomic mass is 9.94. The van der Waals surface area contributed by atoms with Crippen LogP contribution in [0.4, 0.5) is 0 Å². The van der Waals surface area contributed by atoms with E-state index in [9.17, 15) is 14.7 Å². The second kappa shape index (κ2) is 12.7. The Morgan fingerprint density at radius 3 is 2.64 bits per heavy atom. The summed E-state index contributed by atoms with van der Waals surface area (Å²) < 4.78 is 19.8. The van der Waals surface area contributed by atoms with Crippen molar-refractivity contribution in [1.29, 1.82) is 0 Å². The summed E-state index contributed by atoms with van der Waals surface area (Å²) in [4.78, 5) is 32.8. The van der Waals surface area contributed by atoms with Gasteiger partial charge in [-0.05, 0) is 67.3 Å². The standard InChI is InChI=1S/C35H35N3O6/c1-3-42-30-20-25(10-13-29(30)43-21-24-8-5-4-6-9-24)32-31(33(39)26-11-12-28-27(19-26)18-23(2)44-28)34(40)35(41)38(32)16-7-15-37-17-14-36-22-37/h4-6,8-14,17,19-20,22-23,32,39H,3,7,15-16,18,21H2,1-2H3/b33-31+/t23-,32-/m1/s1. The molecule has 2 aliphatic rings. The fourth-order valence-electron chi connectivity index (χ4n) is 5.84. The summed E-state index contributed by atoms with van der Waals surface area (Å²) in [5.41, 5.74) is 3.12. The van der Waals surface area contributed by atoms with Gasteiger partial charge in [0.05, 0.1) is 24.5 Å². The number of ketones is 1. The van der Waals surface area contributed by atoms with Crippen LogP contribution in [0.25, 0.3) is 5.76 Å². The monoisotopic (exact) mass is 593 g/mol.